The normalized spacial score (nSPS) is 13.6. The molecular weight excluding hydrogens is 362 g/mol. The molecule has 146 valence electrons. The van der Waals surface area contributed by atoms with E-state index in [1.54, 1.807) is 44.4 Å². The summed E-state index contributed by atoms with van der Waals surface area (Å²) in [6.07, 6.45) is 1.43. The summed E-state index contributed by atoms with van der Waals surface area (Å²) in [6, 6.07) is 12.2. The standard InChI is InChI=1S/C20H21N3O5/c1-13(15-4-6-16(26-2)7-5-15)22-19(24)20(25)23-21-12-14-3-8-17-18(11-14)28-10-9-27-17/h3-8,11-13H,9-10H2,1-2H3,(H,22,24)(H,23,25)/b21-12-/t13-/m1/s1. The average Bonchev–Trinajstić information content (AvgIpc) is 2.73. The van der Waals surface area contributed by atoms with E-state index < -0.39 is 11.8 Å². The van der Waals surface area contributed by atoms with E-state index >= 15 is 0 Å². The first-order valence-corrected chi connectivity index (χ1v) is 8.74. The topological polar surface area (TPSA) is 98.2 Å². The maximum absolute atomic E-state index is 12.0. The summed E-state index contributed by atoms with van der Waals surface area (Å²) in [4.78, 5) is 24.0. The molecule has 1 aliphatic heterocycles. The summed E-state index contributed by atoms with van der Waals surface area (Å²) >= 11 is 0. The van der Waals surface area contributed by atoms with Gasteiger partial charge in [0.1, 0.15) is 19.0 Å². The summed E-state index contributed by atoms with van der Waals surface area (Å²) in [7, 11) is 1.58. The van der Waals surface area contributed by atoms with Gasteiger partial charge in [-0.05, 0) is 48.4 Å². The fourth-order valence-electron chi connectivity index (χ4n) is 2.59. The molecule has 0 aromatic heterocycles. The third kappa shape index (κ3) is 4.79. The monoisotopic (exact) mass is 383 g/mol. The van der Waals surface area contributed by atoms with Gasteiger partial charge in [-0.2, -0.15) is 5.10 Å². The molecular formula is C20H21N3O5. The van der Waals surface area contributed by atoms with Gasteiger partial charge in [0.05, 0.1) is 19.4 Å². The van der Waals surface area contributed by atoms with E-state index in [2.05, 4.69) is 15.8 Å². The van der Waals surface area contributed by atoms with Gasteiger partial charge in [0.25, 0.3) is 0 Å². The molecule has 0 saturated heterocycles. The fraction of sp³-hybridized carbons (Fsp3) is 0.250. The van der Waals surface area contributed by atoms with Gasteiger partial charge in [0, 0.05) is 0 Å². The third-order valence-electron chi connectivity index (χ3n) is 4.12. The number of hydrogen-bond acceptors (Lipinski definition) is 6. The minimum Gasteiger partial charge on any atom is -0.497 e. The highest BCUT2D eigenvalue weighted by Gasteiger charge is 2.17. The van der Waals surface area contributed by atoms with E-state index in [-0.39, 0.29) is 6.04 Å². The number of ether oxygens (including phenoxy) is 3. The summed E-state index contributed by atoms with van der Waals surface area (Å²) in [5, 5.41) is 6.44. The SMILES string of the molecule is COc1ccc([C@@H](C)NC(=O)C(=O)N/N=C\c2ccc3c(c2)OCCO3)cc1. The number of fused-ring (bicyclic) bond motifs is 1. The average molecular weight is 383 g/mol. The Morgan fingerprint density at radius 3 is 2.50 bits per heavy atom. The lowest BCUT2D eigenvalue weighted by atomic mass is 10.1. The molecule has 28 heavy (non-hydrogen) atoms. The molecule has 0 fully saturated rings. The molecule has 2 N–H and O–H groups in total. The lowest BCUT2D eigenvalue weighted by molar-refractivity contribution is -0.139. The first-order valence-electron chi connectivity index (χ1n) is 8.74. The van der Waals surface area contributed by atoms with Gasteiger partial charge >= 0.3 is 11.8 Å². The molecule has 2 aromatic carbocycles. The number of amides is 2. The van der Waals surface area contributed by atoms with Crippen LogP contribution in [-0.2, 0) is 9.59 Å². The molecule has 8 heteroatoms. The van der Waals surface area contributed by atoms with E-state index in [0.717, 1.165) is 5.56 Å². The van der Waals surface area contributed by atoms with Gasteiger partial charge in [0.2, 0.25) is 0 Å². The molecule has 0 bridgehead atoms. The van der Waals surface area contributed by atoms with Gasteiger partial charge in [-0.25, -0.2) is 5.43 Å². The van der Waals surface area contributed by atoms with Crippen molar-refractivity contribution in [3.05, 3.63) is 53.6 Å². The highest BCUT2D eigenvalue weighted by molar-refractivity contribution is 6.35. The number of nitrogens with one attached hydrogen (secondary N) is 2. The minimum absolute atomic E-state index is 0.342. The summed E-state index contributed by atoms with van der Waals surface area (Å²) < 4.78 is 16.0. The maximum atomic E-state index is 12.0. The van der Waals surface area contributed by atoms with Crippen LogP contribution in [0.3, 0.4) is 0 Å². The zero-order chi connectivity index (χ0) is 19.9. The number of hydrazone groups is 1. The molecule has 0 unspecified atom stereocenters. The van der Waals surface area contributed by atoms with E-state index in [1.807, 2.05) is 12.1 Å². The Hall–Kier alpha value is -3.55. The molecule has 0 aliphatic carbocycles. The molecule has 3 rings (SSSR count). The Kier molecular flexibility index (Phi) is 6.11. The van der Waals surface area contributed by atoms with Crippen molar-refractivity contribution in [3.63, 3.8) is 0 Å². The van der Waals surface area contributed by atoms with Crippen molar-refractivity contribution < 1.29 is 23.8 Å². The van der Waals surface area contributed by atoms with Crippen molar-refractivity contribution >= 4 is 18.0 Å². The molecule has 0 radical (unpaired) electrons. The van der Waals surface area contributed by atoms with Crippen LogP contribution in [0.25, 0.3) is 0 Å². The van der Waals surface area contributed by atoms with Crippen molar-refractivity contribution in [1.82, 2.24) is 10.7 Å². The Bertz CT molecular complexity index is 880. The van der Waals surface area contributed by atoms with Gasteiger partial charge in [-0.3, -0.25) is 9.59 Å². The number of nitrogens with zero attached hydrogens (tertiary/aromatic N) is 1. The van der Waals surface area contributed by atoms with E-state index in [0.29, 0.717) is 36.0 Å². The zero-order valence-corrected chi connectivity index (χ0v) is 15.6. The van der Waals surface area contributed by atoms with Crippen LogP contribution in [-0.4, -0.2) is 38.4 Å². The minimum atomic E-state index is -0.853. The largest absolute Gasteiger partial charge is 0.497 e. The number of carbonyl (C=O) groups excluding carboxylic acids is 2. The van der Waals surface area contributed by atoms with Crippen LogP contribution < -0.4 is 25.0 Å². The first-order chi connectivity index (χ1) is 13.6. The number of methoxy groups -OCH3 is 1. The maximum Gasteiger partial charge on any atom is 0.329 e. The summed E-state index contributed by atoms with van der Waals surface area (Å²) in [5.41, 5.74) is 3.77. The van der Waals surface area contributed by atoms with Crippen LogP contribution in [0.2, 0.25) is 0 Å². The Morgan fingerprint density at radius 1 is 1.07 bits per heavy atom. The van der Waals surface area contributed by atoms with Gasteiger partial charge in [-0.15, -0.1) is 0 Å². The molecule has 1 aliphatic rings. The van der Waals surface area contributed by atoms with Gasteiger partial charge in [0.15, 0.2) is 11.5 Å². The van der Waals surface area contributed by atoms with Crippen LogP contribution in [0, 0.1) is 0 Å². The van der Waals surface area contributed by atoms with Crippen molar-refractivity contribution in [3.8, 4) is 17.2 Å². The molecule has 2 amide bonds. The predicted molar refractivity (Wildman–Crippen MR) is 103 cm³/mol. The smallest absolute Gasteiger partial charge is 0.329 e. The second-order valence-corrected chi connectivity index (χ2v) is 6.07. The van der Waals surface area contributed by atoms with Crippen molar-refractivity contribution in [1.29, 1.82) is 0 Å². The Morgan fingerprint density at radius 2 is 1.79 bits per heavy atom. The second kappa shape index (κ2) is 8.90. The number of benzene rings is 2. The number of carbonyl (C=O) groups is 2. The molecule has 0 spiro atoms. The highest BCUT2D eigenvalue weighted by atomic mass is 16.6. The third-order valence-corrected chi connectivity index (χ3v) is 4.12. The lowest BCUT2D eigenvalue weighted by Gasteiger charge is -2.18. The van der Waals surface area contributed by atoms with Crippen LogP contribution in [0.1, 0.15) is 24.1 Å². The van der Waals surface area contributed by atoms with E-state index in [1.165, 1.54) is 6.21 Å². The van der Waals surface area contributed by atoms with Crippen LogP contribution >= 0.6 is 0 Å². The zero-order valence-electron chi connectivity index (χ0n) is 15.6. The Balaban J connectivity index is 1.52. The lowest BCUT2D eigenvalue weighted by Crippen LogP contribution is -2.39. The van der Waals surface area contributed by atoms with Gasteiger partial charge < -0.3 is 19.5 Å². The molecule has 1 heterocycles. The number of hydrogen-bond donors (Lipinski definition) is 2. The molecule has 2 aromatic rings. The number of rotatable bonds is 5. The summed E-state index contributed by atoms with van der Waals surface area (Å²) in [6.45, 7) is 2.78. The highest BCUT2D eigenvalue weighted by Crippen LogP contribution is 2.30. The van der Waals surface area contributed by atoms with Gasteiger partial charge in [-0.1, -0.05) is 12.1 Å². The summed E-state index contributed by atoms with van der Waals surface area (Å²) in [5.74, 6) is 0.372. The molecule has 8 nitrogen and oxygen atoms in total. The van der Waals surface area contributed by atoms with E-state index in [4.69, 9.17) is 14.2 Å². The predicted octanol–water partition coefficient (Wildman–Crippen LogP) is 1.79. The Labute approximate surface area is 162 Å². The van der Waals surface area contributed by atoms with Crippen molar-refractivity contribution in [2.45, 2.75) is 13.0 Å². The van der Waals surface area contributed by atoms with Crippen molar-refractivity contribution in [2.75, 3.05) is 20.3 Å². The van der Waals surface area contributed by atoms with Crippen LogP contribution in [0.4, 0.5) is 0 Å². The van der Waals surface area contributed by atoms with Crippen molar-refractivity contribution in [2.24, 2.45) is 5.10 Å². The van der Waals surface area contributed by atoms with Crippen LogP contribution in [0.5, 0.6) is 17.2 Å². The molecule has 0 saturated carbocycles. The van der Waals surface area contributed by atoms with E-state index in [9.17, 15) is 9.59 Å². The first kappa shape index (κ1) is 19.2. The molecule has 1 atom stereocenters. The fourth-order valence-corrected chi connectivity index (χ4v) is 2.59. The second-order valence-electron chi connectivity index (χ2n) is 6.07. The quantitative estimate of drug-likeness (QED) is 0.466. The van der Waals surface area contributed by atoms with Crippen LogP contribution in [0.15, 0.2) is 47.6 Å².